The minimum Gasteiger partial charge on any atom is -0.493 e. The lowest BCUT2D eigenvalue weighted by Gasteiger charge is -2.08. The van der Waals surface area contributed by atoms with Crippen LogP contribution in [0.5, 0.6) is 11.5 Å². The molecule has 0 aliphatic rings. The largest absolute Gasteiger partial charge is 0.493 e. The van der Waals surface area contributed by atoms with Crippen molar-refractivity contribution in [3.8, 4) is 11.5 Å². The van der Waals surface area contributed by atoms with E-state index in [4.69, 9.17) is 15.2 Å². The highest BCUT2D eigenvalue weighted by atomic mass is 32.2. The lowest BCUT2D eigenvalue weighted by atomic mass is 10.2. The second-order valence-corrected chi connectivity index (χ2v) is 5.96. The number of carbonyl (C=O) groups is 1. The lowest BCUT2D eigenvalue weighted by molar-refractivity contribution is -0.132. The topological polar surface area (TPSA) is 86.3 Å². The molecule has 0 unspecified atom stereocenters. The van der Waals surface area contributed by atoms with E-state index < -0.39 is 5.97 Å². The summed E-state index contributed by atoms with van der Waals surface area (Å²) in [6.45, 7) is 1.33. The summed E-state index contributed by atoms with van der Waals surface area (Å²) in [5, 5.41) is 8.31. The van der Waals surface area contributed by atoms with Crippen LogP contribution in [0.1, 0.15) is 18.1 Å². The molecule has 0 aromatic heterocycles. The van der Waals surface area contributed by atoms with Gasteiger partial charge in [0.05, 0.1) is 13.3 Å². The zero-order valence-corrected chi connectivity index (χ0v) is 14.8. The molecule has 0 spiro atoms. The van der Waals surface area contributed by atoms with Gasteiger partial charge in [0.25, 0.3) is 0 Å². The molecule has 25 heavy (non-hydrogen) atoms. The summed E-state index contributed by atoms with van der Waals surface area (Å²) in [6, 6.07) is 15.1. The highest BCUT2D eigenvalue weighted by molar-refractivity contribution is 8.13. The fourth-order valence-electron chi connectivity index (χ4n) is 1.92. The zero-order chi connectivity index (χ0) is 18.1. The van der Waals surface area contributed by atoms with Crippen LogP contribution < -0.4 is 15.2 Å². The fourth-order valence-corrected chi connectivity index (χ4v) is 2.53. The van der Waals surface area contributed by atoms with Crippen molar-refractivity contribution in [1.29, 1.82) is 0 Å². The van der Waals surface area contributed by atoms with E-state index in [-0.39, 0.29) is 0 Å². The van der Waals surface area contributed by atoms with E-state index in [2.05, 4.69) is 10.2 Å². The van der Waals surface area contributed by atoms with E-state index in [1.165, 1.54) is 31.4 Å². The number of amidine groups is 1. The second kappa shape index (κ2) is 9.48. The van der Waals surface area contributed by atoms with Gasteiger partial charge in [-0.05, 0) is 29.3 Å². The molecule has 7 heteroatoms. The van der Waals surface area contributed by atoms with Crippen LogP contribution in [0.25, 0.3) is 0 Å². The number of hydrogen-bond acceptors (Lipinski definition) is 6. The number of nitrogens with two attached hydrogens (primary N) is 1. The van der Waals surface area contributed by atoms with Gasteiger partial charge in [-0.1, -0.05) is 42.1 Å². The monoisotopic (exact) mass is 357 g/mol. The Morgan fingerprint density at radius 1 is 1.20 bits per heavy atom. The van der Waals surface area contributed by atoms with Crippen molar-refractivity contribution in [3.05, 3.63) is 59.7 Å². The quantitative estimate of drug-likeness (QED) is 0.282. The molecule has 0 fully saturated rings. The smallest absolute Gasteiger partial charge is 0.308 e. The molecule has 0 radical (unpaired) electrons. The van der Waals surface area contributed by atoms with Gasteiger partial charge in [-0.2, -0.15) is 5.10 Å². The summed E-state index contributed by atoms with van der Waals surface area (Å²) in [6.07, 6.45) is 1.55. The van der Waals surface area contributed by atoms with E-state index in [0.29, 0.717) is 16.7 Å². The molecule has 0 bridgehead atoms. The van der Waals surface area contributed by atoms with Gasteiger partial charge in [-0.15, -0.1) is 5.10 Å². The number of rotatable bonds is 6. The Morgan fingerprint density at radius 2 is 1.96 bits per heavy atom. The molecule has 2 N–H and O–H groups in total. The summed E-state index contributed by atoms with van der Waals surface area (Å²) in [5.41, 5.74) is 7.75. The van der Waals surface area contributed by atoms with E-state index in [0.717, 1.165) is 11.3 Å². The van der Waals surface area contributed by atoms with E-state index in [9.17, 15) is 4.79 Å². The number of hydrogen-bond donors (Lipinski definition) is 1. The molecule has 2 rings (SSSR count). The number of esters is 1. The third-order valence-electron chi connectivity index (χ3n) is 3.03. The number of thioether (sulfide) groups is 1. The maximum Gasteiger partial charge on any atom is 0.308 e. The van der Waals surface area contributed by atoms with E-state index in [1.807, 2.05) is 30.3 Å². The fraction of sp³-hybridized carbons (Fsp3) is 0.167. The SMILES string of the molecule is COc1cc(C=NN=C(N)SCc2ccccc2)ccc1OC(C)=O. The number of methoxy groups -OCH3 is 1. The molecule has 0 amide bonds. The van der Waals surface area contributed by atoms with Gasteiger partial charge in [-0.25, -0.2) is 0 Å². The molecule has 2 aromatic carbocycles. The first-order valence-electron chi connectivity index (χ1n) is 7.48. The van der Waals surface area contributed by atoms with Gasteiger partial charge in [0.2, 0.25) is 0 Å². The van der Waals surface area contributed by atoms with Crippen LogP contribution in [0.15, 0.2) is 58.7 Å². The predicted octanol–water partition coefficient (Wildman–Crippen LogP) is 3.20. The van der Waals surface area contributed by atoms with Gasteiger partial charge >= 0.3 is 5.97 Å². The van der Waals surface area contributed by atoms with Gasteiger partial charge in [0.15, 0.2) is 16.7 Å². The van der Waals surface area contributed by atoms with Gasteiger partial charge in [0.1, 0.15) is 0 Å². The van der Waals surface area contributed by atoms with Crippen LogP contribution in [0.4, 0.5) is 0 Å². The zero-order valence-electron chi connectivity index (χ0n) is 14.0. The number of nitrogens with zero attached hydrogens (tertiary/aromatic N) is 2. The lowest BCUT2D eigenvalue weighted by Crippen LogP contribution is -2.06. The first-order chi connectivity index (χ1) is 12.1. The third-order valence-corrected chi connectivity index (χ3v) is 3.89. The molecular weight excluding hydrogens is 338 g/mol. The van der Waals surface area contributed by atoms with E-state index in [1.54, 1.807) is 24.4 Å². The minimum absolute atomic E-state index is 0.355. The average Bonchev–Trinajstić information content (AvgIpc) is 2.61. The van der Waals surface area contributed by atoms with Gasteiger partial charge < -0.3 is 15.2 Å². The average molecular weight is 357 g/mol. The Labute approximate surface area is 150 Å². The van der Waals surface area contributed by atoms with Crippen molar-refractivity contribution in [1.82, 2.24) is 0 Å². The molecule has 0 saturated carbocycles. The molecule has 0 aliphatic heterocycles. The van der Waals surface area contributed by atoms with Crippen molar-refractivity contribution in [2.24, 2.45) is 15.9 Å². The van der Waals surface area contributed by atoms with Crippen LogP contribution in [0.3, 0.4) is 0 Å². The predicted molar refractivity (Wildman–Crippen MR) is 101 cm³/mol. The van der Waals surface area contributed by atoms with Crippen molar-refractivity contribution in [3.63, 3.8) is 0 Å². The summed E-state index contributed by atoms with van der Waals surface area (Å²) in [5.74, 6) is 1.12. The molecule has 2 aromatic rings. The minimum atomic E-state index is -0.410. The Morgan fingerprint density at radius 3 is 2.64 bits per heavy atom. The van der Waals surface area contributed by atoms with Crippen LogP contribution >= 0.6 is 11.8 Å². The summed E-state index contributed by atoms with van der Waals surface area (Å²) in [7, 11) is 1.50. The summed E-state index contributed by atoms with van der Waals surface area (Å²) in [4.78, 5) is 11.0. The van der Waals surface area contributed by atoms with Crippen LogP contribution in [-0.2, 0) is 10.5 Å². The molecule has 130 valence electrons. The number of ether oxygens (including phenoxy) is 2. The molecule has 0 heterocycles. The molecule has 0 atom stereocenters. The van der Waals surface area contributed by atoms with Crippen molar-refractivity contribution < 1.29 is 14.3 Å². The Bertz CT molecular complexity index is 776. The molecular formula is C18H19N3O3S. The maximum absolute atomic E-state index is 11.0. The highest BCUT2D eigenvalue weighted by Gasteiger charge is 2.07. The Balaban J connectivity index is 1.97. The van der Waals surface area contributed by atoms with Crippen LogP contribution in [-0.4, -0.2) is 24.5 Å². The highest BCUT2D eigenvalue weighted by Crippen LogP contribution is 2.27. The standard InChI is InChI=1S/C18H19N3O3S/c1-13(22)24-16-9-8-15(10-17(16)23-2)11-20-21-18(19)25-12-14-6-4-3-5-7-14/h3-11H,12H2,1-2H3,(H2,19,21). The van der Waals surface area contributed by atoms with Crippen molar-refractivity contribution in [2.75, 3.05) is 7.11 Å². The first-order valence-corrected chi connectivity index (χ1v) is 8.46. The number of benzene rings is 2. The molecule has 0 saturated heterocycles. The van der Waals surface area contributed by atoms with Crippen LogP contribution in [0.2, 0.25) is 0 Å². The summed E-state index contributed by atoms with van der Waals surface area (Å²) < 4.78 is 10.2. The van der Waals surface area contributed by atoms with Crippen molar-refractivity contribution >= 4 is 29.1 Å². The second-order valence-electron chi connectivity index (χ2n) is 4.96. The Kier molecular flexibility index (Phi) is 7.03. The van der Waals surface area contributed by atoms with Crippen molar-refractivity contribution in [2.45, 2.75) is 12.7 Å². The first kappa shape index (κ1) is 18.5. The normalized spacial score (nSPS) is 11.5. The molecule has 6 nitrogen and oxygen atoms in total. The maximum atomic E-state index is 11.0. The van der Waals surface area contributed by atoms with Gasteiger partial charge in [0, 0.05) is 12.7 Å². The van der Waals surface area contributed by atoms with Crippen LogP contribution in [0, 0.1) is 0 Å². The molecule has 0 aliphatic carbocycles. The third kappa shape index (κ3) is 6.31. The number of carbonyl (C=O) groups excluding carboxylic acids is 1. The van der Waals surface area contributed by atoms with Gasteiger partial charge in [-0.3, -0.25) is 4.79 Å². The Hall–Kier alpha value is -2.80. The summed E-state index contributed by atoms with van der Waals surface area (Å²) >= 11 is 1.41. The van der Waals surface area contributed by atoms with E-state index >= 15 is 0 Å².